The fraction of sp³-hybridized carbons (Fsp3) is 0.118. The zero-order valence-electron chi connectivity index (χ0n) is 11.8. The number of hydrogen-bond donors (Lipinski definition) is 1. The molecule has 2 aromatic rings. The van der Waals surface area contributed by atoms with E-state index in [0.29, 0.717) is 5.75 Å². The number of carboxylic acid groups (broad SMARTS) is 1. The molecule has 0 heterocycles. The van der Waals surface area contributed by atoms with E-state index in [1.165, 1.54) is 6.08 Å². The number of carbonyl (C=O) groups is 1. The number of carboxylic acids is 1. The van der Waals surface area contributed by atoms with E-state index in [2.05, 4.69) is 15.9 Å². The van der Waals surface area contributed by atoms with E-state index in [9.17, 15) is 4.79 Å². The van der Waals surface area contributed by atoms with E-state index < -0.39 is 5.97 Å². The van der Waals surface area contributed by atoms with Gasteiger partial charge in [-0.05, 0) is 70.7 Å². The summed E-state index contributed by atoms with van der Waals surface area (Å²) in [5.74, 6) is 0.530. The van der Waals surface area contributed by atoms with Crippen molar-refractivity contribution in [2.24, 2.45) is 0 Å². The molecular weight excluding hydrogens is 332 g/mol. The van der Waals surface area contributed by atoms with Crippen molar-refractivity contribution < 1.29 is 14.6 Å². The van der Waals surface area contributed by atoms with Gasteiger partial charge in [-0.1, -0.05) is 18.2 Å². The molecule has 2 rings (SSSR count). The molecule has 4 heteroatoms. The topological polar surface area (TPSA) is 46.5 Å². The first kappa shape index (κ1) is 15.3. The molecule has 2 aromatic carbocycles. The van der Waals surface area contributed by atoms with Crippen LogP contribution in [0.1, 0.15) is 16.7 Å². The van der Waals surface area contributed by atoms with Crippen molar-refractivity contribution in [2.45, 2.75) is 13.8 Å². The molecule has 0 saturated heterocycles. The maximum atomic E-state index is 10.5. The van der Waals surface area contributed by atoms with Crippen LogP contribution in [0.25, 0.3) is 6.08 Å². The van der Waals surface area contributed by atoms with Gasteiger partial charge in [0.25, 0.3) is 0 Å². The van der Waals surface area contributed by atoms with Crippen molar-refractivity contribution in [3.8, 4) is 11.5 Å². The van der Waals surface area contributed by atoms with Crippen molar-refractivity contribution in [3.63, 3.8) is 0 Å². The van der Waals surface area contributed by atoms with Gasteiger partial charge in [-0.3, -0.25) is 0 Å². The van der Waals surface area contributed by atoms with E-state index in [-0.39, 0.29) is 0 Å². The van der Waals surface area contributed by atoms with Crippen LogP contribution in [0, 0.1) is 13.8 Å². The molecule has 21 heavy (non-hydrogen) atoms. The molecule has 0 bridgehead atoms. The summed E-state index contributed by atoms with van der Waals surface area (Å²) in [6.07, 6.45) is 2.64. The minimum atomic E-state index is -0.971. The summed E-state index contributed by atoms with van der Waals surface area (Å²) in [5, 5.41) is 8.63. The van der Waals surface area contributed by atoms with Crippen molar-refractivity contribution in [2.75, 3.05) is 0 Å². The molecule has 0 radical (unpaired) electrons. The van der Waals surface area contributed by atoms with Crippen LogP contribution >= 0.6 is 15.9 Å². The second-order valence-electron chi connectivity index (χ2n) is 4.73. The summed E-state index contributed by atoms with van der Waals surface area (Å²) in [6, 6.07) is 11.5. The Morgan fingerprint density at radius 2 is 1.90 bits per heavy atom. The average Bonchev–Trinajstić information content (AvgIpc) is 2.43. The third-order valence-electron chi connectivity index (χ3n) is 2.94. The first-order valence-electron chi connectivity index (χ1n) is 6.41. The molecule has 0 amide bonds. The Hall–Kier alpha value is -2.07. The van der Waals surface area contributed by atoms with Gasteiger partial charge < -0.3 is 9.84 Å². The molecule has 0 atom stereocenters. The van der Waals surface area contributed by atoms with E-state index in [0.717, 1.165) is 33.0 Å². The minimum Gasteiger partial charge on any atom is -0.478 e. The van der Waals surface area contributed by atoms with Gasteiger partial charge in [0.15, 0.2) is 0 Å². The summed E-state index contributed by atoms with van der Waals surface area (Å²) in [4.78, 5) is 10.5. The molecule has 0 spiro atoms. The molecule has 0 aliphatic heterocycles. The summed E-state index contributed by atoms with van der Waals surface area (Å²) >= 11 is 3.45. The van der Waals surface area contributed by atoms with Crippen molar-refractivity contribution in [1.29, 1.82) is 0 Å². The van der Waals surface area contributed by atoms with Crippen LogP contribution in [-0.4, -0.2) is 11.1 Å². The van der Waals surface area contributed by atoms with Gasteiger partial charge in [-0.25, -0.2) is 4.79 Å². The molecule has 0 unspecified atom stereocenters. The van der Waals surface area contributed by atoms with E-state index in [4.69, 9.17) is 9.84 Å². The predicted octanol–water partition coefficient (Wildman–Crippen LogP) is 4.96. The molecule has 0 aliphatic carbocycles. The normalized spacial score (nSPS) is 10.8. The Labute approximate surface area is 132 Å². The smallest absolute Gasteiger partial charge is 0.328 e. The number of halogens is 1. The SMILES string of the molecule is Cc1ccc(C)c(Oc2ccc(/C=C/C(=O)O)cc2Br)c1. The first-order chi connectivity index (χ1) is 9.95. The Bertz CT molecular complexity index is 705. The first-order valence-corrected chi connectivity index (χ1v) is 7.20. The predicted molar refractivity (Wildman–Crippen MR) is 86.8 cm³/mol. The Balaban J connectivity index is 2.25. The molecule has 0 aromatic heterocycles. The van der Waals surface area contributed by atoms with Gasteiger partial charge >= 0.3 is 5.97 Å². The van der Waals surface area contributed by atoms with Gasteiger partial charge in [-0.2, -0.15) is 0 Å². The highest BCUT2D eigenvalue weighted by atomic mass is 79.9. The van der Waals surface area contributed by atoms with Crippen molar-refractivity contribution >= 4 is 28.0 Å². The van der Waals surface area contributed by atoms with Crippen LogP contribution in [0.5, 0.6) is 11.5 Å². The molecular formula is C17H15BrO3. The van der Waals surface area contributed by atoms with Gasteiger partial charge in [0, 0.05) is 6.08 Å². The van der Waals surface area contributed by atoms with Crippen LogP contribution < -0.4 is 4.74 Å². The maximum absolute atomic E-state index is 10.5. The number of aryl methyl sites for hydroxylation is 2. The number of rotatable bonds is 4. The lowest BCUT2D eigenvalue weighted by Gasteiger charge is -2.11. The van der Waals surface area contributed by atoms with Crippen molar-refractivity contribution in [3.05, 3.63) is 63.6 Å². The highest BCUT2D eigenvalue weighted by molar-refractivity contribution is 9.10. The molecule has 0 fully saturated rings. The van der Waals surface area contributed by atoms with E-state index >= 15 is 0 Å². The third kappa shape index (κ3) is 4.20. The summed E-state index contributed by atoms with van der Waals surface area (Å²) in [5.41, 5.74) is 2.98. The second kappa shape index (κ2) is 6.59. The van der Waals surface area contributed by atoms with E-state index in [1.54, 1.807) is 0 Å². The zero-order valence-corrected chi connectivity index (χ0v) is 13.3. The fourth-order valence-corrected chi connectivity index (χ4v) is 2.28. The summed E-state index contributed by atoms with van der Waals surface area (Å²) in [7, 11) is 0. The standard InChI is InChI=1S/C17H15BrO3/c1-11-3-4-12(2)16(9-11)21-15-7-5-13(10-14(15)18)6-8-17(19)20/h3-10H,1-2H3,(H,19,20)/b8-6+. The van der Waals surface area contributed by atoms with Crippen LogP contribution in [0.15, 0.2) is 46.9 Å². The minimum absolute atomic E-state index is 0.691. The Kier molecular flexibility index (Phi) is 4.81. The molecule has 0 aliphatic rings. The molecule has 0 saturated carbocycles. The lowest BCUT2D eigenvalue weighted by atomic mass is 10.1. The molecule has 3 nitrogen and oxygen atoms in total. The number of hydrogen-bond acceptors (Lipinski definition) is 2. The third-order valence-corrected chi connectivity index (χ3v) is 3.56. The lowest BCUT2D eigenvalue weighted by Crippen LogP contribution is -1.90. The van der Waals surface area contributed by atoms with Gasteiger partial charge in [0.2, 0.25) is 0 Å². The highest BCUT2D eigenvalue weighted by Gasteiger charge is 2.06. The van der Waals surface area contributed by atoms with Gasteiger partial charge in [0.05, 0.1) is 4.47 Å². The molecule has 108 valence electrons. The number of aliphatic carboxylic acids is 1. The van der Waals surface area contributed by atoms with Crippen LogP contribution in [-0.2, 0) is 4.79 Å². The average molecular weight is 347 g/mol. The van der Waals surface area contributed by atoms with Crippen LogP contribution in [0.3, 0.4) is 0 Å². The second-order valence-corrected chi connectivity index (χ2v) is 5.59. The van der Waals surface area contributed by atoms with Crippen molar-refractivity contribution in [1.82, 2.24) is 0 Å². The Morgan fingerprint density at radius 1 is 1.14 bits per heavy atom. The highest BCUT2D eigenvalue weighted by Crippen LogP contribution is 2.32. The maximum Gasteiger partial charge on any atom is 0.328 e. The van der Waals surface area contributed by atoms with Gasteiger partial charge in [-0.15, -0.1) is 0 Å². The number of benzene rings is 2. The summed E-state index contributed by atoms with van der Waals surface area (Å²) in [6.45, 7) is 4.01. The van der Waals surface area contributed by atoms with Crippen LogP contribution in [0.4, 0.5) is 0 Å². The monoisotopic (exact) mass is 346 g/mol. The summed E-state index contributed by atoms with van der Waals surface area (Å²) < 4.78 is 6.69. The largest absolute Gasteiger partial charge is 0.478 e. The molecule has 1 N–H and O–H groups in total. The lowest BCUT2D eigenvalue weighted by molar-refractivity contribution is -0.131. The quantitative estimate of drug-likeness (QED) is 0.796. The number of ether oxygens (including phenoxy) is 1. The Morgan fingerprint density at radius 3 is 2.57 bits per heavy atom. The zero-order chi connectivity index (χ0) is 15.4. The van der Waals surface area contributed by atoms with Crippen LogP contribution in [0.2, 0.25) is 0 Å². The van der Waals surface area contributed by atoms with E-state index in [1.807, 2.05) is 50.2 Å². The van der Waals surface area contributed by atoms with Gasteiger partial charge in [0.1, 0.15) is 11.5 Å². The fourth-order valence-electron chi connectivity index (χ4n) is 1.81.